The van der Waals surface area contributed by atoms with Crippen LogP contribution in [0.5, 0.6) is 5.75 Å². The van der Waals surface area contributed by atoms with E-state index in [1.807, 2.05) is 122 Å². The zero-order valence-electron chi connectivity index (χ0n) is 25.0. The van der Waals surface area contributed by atoms with E-state index in [0.717, 1.165) is 22.1 Å². The van der Waals surface area contributed by atoms with Crippen LogP contribution in [-0.2, 0) is 6.42 Å². The summed E-state index contributed by atoms with van der Waals surface area (Å²) in [6.07, 6.45) is 1.22. The molecule has 6 heteroatoms. The highest BCUT2D eigenvalue weighted by Gasteiger charge is 2.30. The SMILES string of the molecule is CCOc1ccc(-n2c(C(CC)N(CCc3ccccc3)C(=O)c3cccc4ccccc34)nc3ccccc3c2=O)cc1. The molecule has 44 heavy (non-hydrogen) atoms. The molecule has 0 aliphatic rings. The Kier molecular flexibility index (Phi) is 8.50. The highest BCUT2D eigenvalue weighted by molar-refractivity contribution is 6.07. The molecule has 220 valence electrons. The van der Waals surface area contributed by atoms with Gasteiger partial charge in [-0.15, -0.1) is 0 Å². The van der Waals surface area contributed by atoms with Crippen molar-refractivity contribution >= 4 is 27.6 Å². The van der Waals surface area contributed by atoms with Crippen molar-refractivity contribution in [2.45, 2.75) is 32.7 Å². The fourth-order valence-corrected chi connectivity index (χ4v) is 5.88. The molecule has 1 heterocycles. The summed E-state index contributed by atoms with van der Waals surface area (Å²) in [5, 5.41) is 2.43. The van der Waals surface area contributed by atoms with Crippen molar-refractivity contribution < 1.29 is 9.53 Å². The molecule has 0 radical (unpaired) electrons. The number of ether oxygens (including phenoxy) is 1. The number of hydrogen-bond donors (Lipinski definition) is 0. The molecular weight excluding hydrogens is 546 g/mol. The number of carbonyl (C=O) groups is 1. The molecule has 1 amide bonds. The summed E-state index contributed by atoms with van der Waals surface area (Å²) in [5.41, 5.74) is 2.87. The molecule has 0 N–H and O–H groups in total. The molecule has 0 spiro atoms. The molecule has 5 aromatic carbocycles. The Hall–Kier alpha value is -5.23. The van der Waals surface area contributed by atoms with Gasteiger partial charge in [-0.25, -0.2) is 4.98 Å². The highest BCUT2D eigenvalue weighted by Crippen LogP contribution is 2.30. The molecule has 0 saturated carbocycles. The van der Waals surface area contributed by atoms with Gasteiger partial charge < -0.3 is 9.64 Å². The highest BCUT2D eigenvalue weighted by atomic mass is 16.5. The lowest BCUT2D eigenvalue weighted by Crippen LogP contribution is -2.39. The van der Waals surface area contributed by atoms with Gasteiger partial charge in [0.2, 0.25) is 0 Å². The zero-order chi connectivity index (χ0) is 30.5. The fourth-order valence-electron chi connectivity index (χ4n) is 5.88. The van der Waals surface area contributed by atoms with E-state index in [0.29, 0.717) is 54.0 Å². The Labute approximate surface area is 257 Å². The molecule has 1 atom stereocenters. The first-order valence-corrected chi connectivity index (χ1v) is 15.2. The Bertz CT molecular complexity index is 1960. The number of rotatable bonds is 10. The topological polar surface area (TPSA) is 64.4 Å². The van der Waals surface area contributed by atoms with E-state index in [4.69, 9.17) is 9.72 Å². The lowest BCUT2D eigenvalue weighted by molar-refractivity contribution is 0.0664. The number of hydrogen-bond acceptors (Lipinski definition) is 4. The molecule has 0 bridgehead atoms. The minimum Gasteiger partial charge on any atom is -0.494 e. The zero-order valence-corrected chi connectivity index (χ0v) is 25.0. The number of para-hydroxylation sites is 1. The van der Waals surface area contributed by atoms with Crippen LogP contribution in [0.15, 0.2) is 126 Å². The average Bonchev–Trinajstić information content (AvgIpc) is 3.07. The maximum atomic E-state index is 14.7. The first kappa shape index (κ1) is 28.9. The molecule has 0 fully saturated rings. The third-order valence-corrected chi connectivity index (χ3v) is 8.03. The van der Waals surface area contributed by atoms with Crippen LogP contribution in [0, 0.1) is 0 Å². The van der Waals surface area contributed by atoms with Crippen LogP contribution in [0.4, 0.5) is 0 Å². The monoisotopic (exact) mass is 581 g/mol. The van der Waals surface area contributed by atoms with Crippen LogP contribution in [0.3, 0.4) is 0 Å². The van der Waals surface area contributed by atoms with Crippen molar-refractivity contribution in [3.8, 4) is 11.4 Å². The standard InChI is InChI=1S/C38H35N3O3/c1-3-35(36-39-34-20-11-10-18-33(34)38(43)41(36)29-21-23-30(24-22-29)44-4-2)40(26-25-27-13-6-5-7-14-27)37(42)32-19-12-16-28-15-8-9-17-31(28)32/h5-24,35H,3-4,25-26H2,1-2H3. The van der Waals surface area contributed by atoms with Crippen molar-refractivity contribution in [2.24, 2.45) is 0 Å². The lowest BCUT2D eigenvalue weighted by Gasteiger charge is -2.33. The third-order valence-electron chi connectivity index (χ3n) is 8.03. The van der Waals surface area contributed by atoms with Crippen LogP contribution in [0.25, 0.3) is 27.4 Å². The van der Waals surface area contributed by atoms with Crippen molar-refractivity contribution in [1.29, 1.82) is 0 Å². The number of fused-ring (bicyclic) bond motifs is 2. The Balaban J connectivity index is 1.53. The van der Waals surface area contributed by atoms with Gasteiger partial charge in [0.15, 0.2) is 0 Å². The van der Waals surface area contributed by atoms with Gasteiger partial charge in [-0.3, -0.25) is 14.2 Å². The van der Waals surface area contributed by atoms with Crippen LogP contribution in [0.2, 0.25) is 0 Å². The van der Waals surface area contributed by atoms with E-state index in [1.54, 1.807) is 10.6 Å². The van der Waals surface area contributed by atoms with E-state index in [2.05, 4.69) is 12.1 Å². The van der Waals surface area contributed by atoms with Crippen LogP contribution < -0.4 is 10.3 Å². The summed E-state index contributed by atoms with van der Waals surface area (Å²) in [4.78, 5) is 35.8. The van der Waals surface area contributed by atoms with E-state index in [-0.39, 0.29) is 11.5 Å². The van der Waals surface area contributed by atoms with Gasteiger partial charge in [-0.1, -0.05) is 85.8 Å². The minimum atomic E-state index is -0.478. The first-order chi connectivity index (χ1) is 21.6. The summed E-state index contributed by atoms with van der Waals surface area (Å²) in [5.74, 6) is 1.16. The fraction of sp³-hybridized carbons (Fsp3) is 0.184. The van der Waals surface area contributed by atoms with Crippen molar-refractivity contribution in [3.05, 3.63) is 149 Å². The normalized spacial score (nSPS) is 11.9. The number of aromatic nitrogens is 2. The second kappa shape index (κ2) is 13.0. The van der Waals surface area contributed by atoms with Crippen molar-refractivity contribution in [2.75, 3.05) is 13.2 Å². The third kappa shape index (κ3) is 5.71. The average molecular weight is 582 g/mol. The van der Waals surface area contributed by atoms with Crippen LogP contribution >= 0.6 is 0 Å². The summed E-state index contributed by atoms with van der Waals surface area (Å²) in [6, 6.07) is 38.3. The molecule has 1 unspecified atom stereocenters. The second-order valence-electron chi connectivity index (χ2n) is 10.7. The quantitative estimate of drug-likeness (QED) is 0.166. The van der Waals surface area contributed by atoms with Gasteiger partial charge in [0.1, 0.15) is 11.6 Å². The van der Waals surface area contributed by atoms with E-state index < -0.39 is 6.04 Å². The first-order valence-electron chi connectivity index (χ1n) is 15.2. The van der Waals surface area contributed by atoms with Gasteiger partial charge in [0.25, 0.3) is 11.5 Å². The number of amides is 1. The molecule has 0 aliphatic heterocycles. The molecule has 6 nitrogen and oxygen atoms in total. The summed E-state index contributed by atoms with van der Waals surface area (Å²) in [6.45, 7) is 4.98. The van der Waals surface area contributed by atoms with Gasteiger partial charge in [0.05, 0.1) is 29.2 Å². The van der Waals surface area contributed by atoms with E-state index in [1.165, 1.54) is 0 Å². The molecule has 0 aliphatic carbocycles. The number of carbonyl (C=O) groups excluding carboxylic acids is 1. The molecule has 0 saturated heterocycles. The predicted octanol–water partition coefficient (Wildman–Crippen LogP) is 7.77. The van der Waals surface area contributed by atoms with Crippen LogP contribution in [-0.4, -0.2) is 33.5 Å². The lowest BCUT2D eigenvalue weighted by atomic mass is 10.0. The summed E-state index contributed by atoms with van der Waals surface area (Å²) in [7, 11) is 0. The van der Waals surface area contributed by atoms with Crippen molar-refractivity contribution in [1.82, 2.24) is 14.5 Å². The van der Waals surface area contributed by atoms with Gasteiger partial charge >= 0.3 is 0 Å². The minimum absolute atomic E-state index is 0.0924. The number of nitrogens with zero attached hydrogens (tertiary/aromatic N) is 3. The predicted molar refractivity (Wildman–Crippen MR) is 177 cm³/mol. The van der Waals surface area contributed by atoms with Crippen molar-refractivity contribution in [3.63, 3.8) is 0 Å². The van der Waals surface area contributed by atoms with E-state index in [9.17, 15) is 9.59 Å². The van der Waals surface area contributed by atoms with Gasteiger partial charge in [0, 0.05) is 12.1 Å². The summed E-state index contributed by atoms with van der Waals surface area (Å²) < 4.78 is 7.33. The smallest absolute Gasteiger partial charge is 0.266 e. The largest absolute Gasteiger partial charge is 0.494 e. The maximum Gasteiger partial charge on any atom is 0.266 e. The van der Waals surface area contributed by atoms with Gasteiger partial charge in [-0.05, 0) is 78.6 Å². The molecule has 6 aromatic rings. The Morgan fingerprint density at radius 2 is 1.48 bits per heavy atom. The Morgan fingerprint density at radius 1 is 0.795 bits per heavy atom. The van der Waals surface area contributed by atoms with Crippen LogP contribution in [0.1, 0.15) is 48.1 Å². The molecule has 6 rings (SSSR count). The Morgan fingerprint density at radius 3 is 2.23 bits per heavy atom. The molecular formula is C38H35N3O3. The summed E-state index contributed by atoms with van der Waals surface area (Å²) >= 11 is 0. The van der Waals surface area contributed by atoms with Gasteiger partial charge in [-0.2, -0.15) is 0 Å². The van der Waals surface area contributed by atoms with E-state index >= 15 is 0 Å². The molecule has 1 aromatic heterocycles. The number of benzene rings is 5. The maximum absolute atomic E-state index is 14.7. The second-order valence-corrected chi connectivity index (χ2v) is 10.7.